The highest BCUT2D eigenvalue weighted by molar-refractivity contribution is 8.09. The van der Waals surface area contributed by atoms with Crippen LogP contribution >= 0.6 is 11.8 Å². The molecule has 0 N–H and O–H groups in total. The Balaban J connectivity index is 0.895. The van der Waals surface area contributed by atoms with Crippen LogP contribution in [0.3, 0.4) is 0 Å². The molecule has 0 spiro atoms. The molecule has 1 aliphatic heterocycles. The van der Waals surface area contributed by atoms with Gasteiger partial charge in [0.1, 0.15) is 0 Å². The summed E-state index contributed by atoms with van der Waals surface area (Å²) < 4.78 is 2.47. The highest BCUT2D eigenvalue weighted by Crippen LogP contribution is 2.57. The lowest BCUT2D eigenvalue weighted by Crippen LogP contribution is -2.28. The van der Waals surface area contributed by atoms with E-state index in [1.807, 2.05) is 11.8 Å². The van der Waals surface area contributed by atoms with Crippen molar-refractivity contribution in [3.8, 4) is 27.9 Å². The number of hydrogen-bond donors (Lipinski definition) is 0. The van der Waals surface area contributed by atoms with Gasteiger partial charge < -0.3 is 9.47 Å². The van der Waals surface area contributed by atoms with Gasteiger partial charge in [0.2, 0.25) is 0 Å². The molecule has 0 fully saturated rings. The SMILES string of the molecule is C1=C(c2ccccc2)SC(N(c2ccccc2)c2ccc3cc(-c4ccc5c(c4)c4ccccc4n5-c4ccc5c(c4)C(c4ccccc4)(c4ccccc4)c4ccccc4-5)ccc3c2)C1. The quantitative estimate of drug-likeness (QED) is 0.150. The largest absolute Gasteiger partial charge is 0.328 e. The Kier molecular flexibility index (Phi) is 9.18. The minimum Gasteiger partial charge on any atom is -0.328 e. The molecule has 2 nitrogen and oxygen atoms in total. The predicted molar refractivity (Wildman–Crippen MR) is 280 cm³/mol. The zero-order valence-electron chi connectivity index (χ0n) is 36.3. The fourth-order valence-electron chi connectivity index (χ4n) is 11.0. The fraction of sp³-hybridized carbons (Fsp3) is 0.0476. The van der Waals surface area contributed by atoms with Crippen molar-refractivity contribution in [2.24, 2.45) is 0 Å². The third-order valence-electron chi connectivity index (χ3n) is 14.0. The molecule has 2 aliphatic rings. The third-order valence-corrected chi connectivity index (χ3v) is 15.3. The Hall–Kier alpha value is -7.85. The van der Waals surface area contributed by atoms with Crippen molar-refractivity contribution in [1.82, 2.24) is 4.57 Å². The number of fused-ring (bicyclic) bond motifs is 7. The number of para-hydroxylation sites is 2. The second-order valence-electron chi connectivity index (χ2n) is 17.5. The molecular formula is C63H44N2S. The first kappa shape index (κ1) is 38.6. The smallest absolute Gasteiger partial charge is 0.0880 e. The highest BCUT2D eigenvalue weighted by atomic mass is 32.2. The molecule has 13 rings (SSSR count). The van der Waals surface area contributed by atoms with E-state index in [1.54, 1.807) is 0 Å². The van der Waals surface area contributed by atoms with Crippen LogP contribution in [0.15, 0.2) is 249 Å². The molecule has 312 valence electrons. The van der Waals surface area contributed by atoms with Crippen LogP contribution in [0.5, 0.6) is 0 Å². The van der Waals surface area contributed by atoms with Gasteiger partial charge in [0.25, 0.3) is 0 Å². The van der Waals surface area contributed by atoms with Gasteiger partial charge in [0, 0.05) is 32.7 Å². The predicted octanol–water partition coefficient (Wildman–Crippen LogP) is 16.6. The van der Waals surface area contributed by atoms with Crippen LogP contribution in [0, 0.1) is 0 Å². The minimum absolute atomic E-state index is 0.261. The summed E-state index contributed by atoms with van der Waals surface area (Å²) in [5, 5.41) is 5.22. The molecular weight excluding hydrogens is 817 g/mol. The Morgan fingerprint density at radius 1 is 0.424 bits per heavy atom. The van der Waals surface area contributed by atoms with Crippen LogP contribution in [-0.2, 0) is 5.41 Å². The summed E-state index contributed by atoms with van der Waals surface area (Å²) in [6.07, 6.45) is 3.37. The molecule has 0 radical (unpaired) electrons. The van der Waals surface area contributed by atoms with Gasteiger partial charge >= 0.3 is 0 Å². The highest BCUT2D eigenvalue weighted by Gasteiger charge is 2.46. The van der Waals surface area contributed by atoms with Crippen molar-refractivity contribution in [2.75, 3.05) is 4.90 Å². The number of aromatic nitrogens is 1. The maximum absolute atomic E-state index is 2.51. The van der Waals surface area contributed by atoms with E-state index in [4.69, 9.17) is 0 Å². The van der Waals surface area contributed by atoms with Crippen LogP contribution < -0.4 is 4.90 Å². The average molecular weight is 861 g/mol. The molecule has 11 aromatic rings. The van der Waals surface area contributed by atoms with Crippen LogP contribution in [0.1, 0.15) is 34.2 Å². The summed E-state index contributed by atoms with van der Waals surface area (Å²) in [5.41, 5.74) is 17.0. The lowest BCUT2D eigenvalue weighted by atomic mass is 9.67. The van der Waals surface area contributed by atoms with E-state index in [2.05, 4.69) is 258 Å². The number of nitrogens with zero attached hydrogens (tertiary/aromatic N) is 2. The van der Waals surface area contributed by atoms with Crippen molar-refractivity contribution in [2.45, 2.75) is 17.2 Å². The number of hydrogen-bond acceptors (Lipinski definition) is 2. The number of anilines is 2. The number of benzene rings is 10. The molecule has 2 heterocycles. The van der Waals surface area contributed by atoms with E-state index >= 15 is 0 Å². The fourth-order valence-corrected chi connectivity index (χ4v) is 12.3. The van der Waals surface area contributed by atoms with Crippen LogP contribution in [0.2, 0.25) is 0 Å². The van der Waals surface area contributed by atoms with Crippen molar-refractivity contribution < 1.29 is 0 Å². The average Bonchev–Trinajstić information content (AvgIpc) is 4.09. The van der Waals surface area contributed by atoms with Crippen molar-refractivity contribution in [3.63, 3.8) is 0 Å². The first-order valence-electron chi connectivity index (χ1n) is 22.9. The van der Waals surface area contributed by atoms with Crippen molar-refractivity contribution >= 4 is 60.6 Å². The molecule has 1 aromatic heterocycles. The van der Waals surface area contributed by atoms with Gasteiger partial charge in [0.15, 0.2) is 0 Å². The van der Waals surface area contributed by atoms with Crippen molar-refractivity contribution in [3.05, 3.63) is 277 Å². The van der Waals surface area contributed by atoms with Crippen LogP contribution in [0.4, 0.5) is 11.4 Å². The molecule has 1 unspecified atom stereocenters. The summed E-state index contributed by atoms with van der Waals surface area (Å²) in [6.45, 7) is 0. The van der Waals surface area contributed by atoms with Gasteiger partial charge in [0.05, 0.1) is 21.8 Å². The van der Waals surface area contributed by atoms with Gasteiger partial charge in [-0.1, -0.05) is 188 Å². The van der Waals surface area contributed by atoms with Gasteiger partial charge in [-0.15, -0.1) is 11.8 Å². The maximum atomic E-state index is 2.51. The Bertz CT molecular complexity index is 3610. The normalized spacial score (nSPS) is 14.9. The molecule has 1 atom stereocenters. The minimum atomic E-state index is -0.467. The molecule has 0 saturated carbocycles. The topological polar surface area (TPSA) is 8.17 Å². The van der Waals surface area contributed by atoms with E-state index in [9.17, 15) is 0 Å². The van der Waals surface area contributed by atoms with E-state index in [0.717, 1.165) is 12.1 Å². The second-order valence-corrected chi connectivity index (χ2v) is 18.8. The zero-order chi connectivity index (χ0) is 43.6. The van der Waals surface area contributed by atoms with Gasteiger partial charge in [-0.2, -0.15) is 0 Å². The Morgan fingerprint density at radius 2 is 1.03 bits per heavy atom. The first-order chi connectivity index (χ1) is 32.7. The molecule has 3 heteroatoms. The monoisotopic (exact) mass is 860 g/mol. The molecule has 1 aliphatic carbocycles. The van der Waals surface area contributed by atoms with Gasteiger partial charge in [-0.25, -0.2) is 0 Å². The number of thioether (sulfide) groups is 1. The van der Waals surface area contributed by atoms with E-state index in [1.165, 1.54) is 98.9 Å². The third kappa shape index (κ3) is 6.11. The van der Waals surface area contributed by atoms with Crippen LogP contribution in [0.25, 0.3) is 65.4 Å². The van der Waals surface area contributed by atoms with Crippen LogP contribution in [-0.4, -0.2) is 9.94 Å². The second kappa shape index (κ2) is 15.7. The summed E-state index contributed by atoms with van der Waals surface area (Å²) in [6, 6.07) is 89.8. The zero-order valence-corrected chi connectivity index (χ0v) is 37.1. The van der Waals surface area contributed by atoms with Gasteiger partial charge in [-0.3, -0.25) is 0 Å². The molecule has 66 heavy (non-hydrogen) atoms. The summed E-state index contributed by atoms with van der Waals surface area (Å²) in [5.74, 6) is 0. The molecule has 10 aromatic carbocycles. The standard InChI is InChI=1S/C63H44N2S/c1-5-17-43(18-6-1)61-37-38-62(66-61)64(50-23-11-4-12-24-50)51-33-31-45-39-44(29-30-46(45)40-51)47-32-36-60-56(41-47)55-26-14-16-28-59(55)65(60)52-34-35-54-53-25-13-15-27-57(53)63(58(54)42-52,48-19-7-2-8-20-48)49-21-9-3-10-22-49/h1-37,39-42,62H,38H2. The molecule has 0 saturated heterocycles. The van der Waals surface area contributed by atoms with E-state index in [0.29, 0.717) is 0 Å². The maximum Gasteiger partial charge on any atom is 0.0880 e. The molecule has 0 amide bonds. The van der Waals surface area contributed by atoms with Crippen molar-refractivity contribution in [1.29, 1.82) is 0 Å². The first-order valence-corrected chi connectivity index (χ1v) is 23.8. The van der Waals surface area contributed by atoms with E-state index < -0.39 is 5.41 Å². The molecule has 0 bridgehead atoms. The van der Waals surface area contributed by atoms with E-state index in [-0.39, 0.29) is 5.37 Å². The lowest BCUT2D eigenvalue weighted by Gasteiger charge is -2.34. The Labute approximate surface area is 389 Å². The van der Waals surface area contributed by atoms with Gasteiger partial charge in [-0.05, 0) is 128 Å². The summed E-state index contributed by atoms with van der Waals surface area (Å²) >= 11 is 1.95. The summed E-state index contributed by atoms with van der Waals surface area (Å²) in [7, 11) is 0. The number of rotatable bonds is 8. The lowest BCUT2D eigenvalue weighted by molar-refractivity contribution is 0.767. The summed E-state index contributed by atoms with van der Waals surface area (Å²) in [4.78, 5) is 3.86. The Morgan fingerprint density at radius 3 is 1.82 bits per heavy atom.